The van der Waals surface area contributed by atoms with Crippen LogP contribution in [-0.4, -0.2) is 66.9 Å². The molecular weight excluding hydrogens is 837 g/mol. The summed E-state index contributed by atoms with van der Waals surface area (Å²) < 4.78 is 29.1. The lowest BCUT2D eigenvalue weighted by Gasteiger charge is -2.32. The minimum Gasteiger partial charge on any atom is -0.496 e. The lowest BCUT2D eigenvalue weighted by Crippen LogP contribution is -2.65. The predicted octanol–water partition coefficient (Wildman–Crippen LogP) is 6.96. The molecule has 6 heterocycles. The van der Waals surface area contributed by atoms with Crippen molar-refractivity contribution < 1.29 is 27.9 Å². The molecule has 65 heavy (non-hydrogen) atoms. The molecule has 2 aromatic heterocycles. The van der Waals surface area contributed by atoms with E-state index in [-0.39, 0.29) is 35.5 Å². The fourth-order valence-electron chi connectivity index (χ4n) is 9.02. The van der Waals surface area contributed by atoms with Crippen LogP contribution >= 0.6 is 0 Å². The quantitative estimate of drug-likeness (QED) is 0.151. The third-order valence-electron chi connectivity index (χ3n) is 11.9. The summed E-state index contributed by atoms with van der Waals surface area (Å²) in [5, 5.41) is 2.51. The molecule has 0 fully saturated rings. The van der Waals surface area contributed by atoms with Crippen LogP contribution in [0.4, 0.5) is 11.6 Å². The van der Waals surface area contributed by atoms with Gasteiger partial charge in [0.2, 0.25) is 0 Å². The van der Waals surface area contributed by atoms with Crippen LogP contribution in [0.15, 0.2) is 176 Å². The monoisotopic (exact) mass is 870 g/mol. The molecule has 15 heteroatoms. The van der Waals surface area contributed by atoms with Gasteiger partial charge in [-0.1, -0.05) is 133 Å². The van der Waals surface area contributed by atoms with Gasteiger partial charge in [0.05, 0.1) is 27.1 Å². The Morgan fingerprint density at radius 3 is 1.20 bits per heavy atom. The molecule has 0 radical (unpaired) electrons. The number of benzene rings is 6. The summed E-state index contributed by atoms with van der Waals surface area (Å²) in [4.78, 5) is 62.1. The van der Waals surface area contributed by atoms with Crippen molar-refractivity contribution in [1.82, 2.24) is 8.47 Å². The normalized spacial score (nSPS) is 14.7. The Morgan fingerprint density at radius 1 is 0.431 bits per heavy atom. The summed E-state index contributed by atoms with van der Waals surface area (Å²) in [6.45, 7) is 0. The first-order valence-electron chi connectivity index (χ1n) is 20.9. The highest BCUT2D eigenvalue weighted by Gasteiger charge is 2.59. The van der Waals surface area contributed by atoms with Crippen molar-refractivity contribution in [3.05, 3.63) is 190 Å². The highest BCUT2D eigenvalue weighted by atomic mass is 28.4. The molecule has 8 aromatic rings. The molecule has 0 saturated heterocycles. The Hall–Kier alpha value is -8.56. The number of carbonyl (C=O) groups excluding carboxylic acids is 2. The van der Waals surface area contributed by atoms with Crippen LogP contribution < -0.4 is 20.4 Å². The Kier molecular flexibility index (Phi) is 8.67. The van der Waals surface area contributed by atoms with E-state index in [1.807, 2.05) is 121 Å². The smallest absolute Gasteiger partial charge is 0.496 e. The summed E-state index contributed by atoms with van der Waals surface area (Å²) in [6, 6.07) is 45.1. The van der Waals surface area contributed by atoms with E-state index in [4.69, 9.17) is 48.3 Å². The van der Waals surface area contributed by atoms with E-state index >= 15 is 9.59 Å². The molecule has 6 aromatic carbocycles. The maximum absolute atomic E-state index is 15.3. The van der Waals surface area contributed by atoms with Crippen molar-refractivity contribution in [2.75, 3.05) is 14.2 Å². The zero-order valence-electron chi connectivity index (χ0n) is 34.8. The largest absolute Gasteiger partial charge is 0.742 e. The average Bonchev–Trinajstić information content (AvgIpc) is 4.05. The Balaban J connectivity index is 1.28. The molecule has 4 aliphatic heterocycles. The number of hydrogen-bond acceptors (Lipinski definition) is 12. The van der Waals surface area contributed by atoms with Gasteiger partial charge >= 0.3 is 20.8 Å². The number of para-hydroxylation sites is 2. The number of amidine groups is 4. The van der Waals surface area contributed by atoms with Crippen LogP contribution in [0, 0.1) is 0 Å². The highest BCUT2D eigenvalue weighted by Crippen LogP contribution is 2.44. The minimum absolute atomic E-state index is 0.257. The van der Waals surface area contributed by atoms with Gasteiger partial charge < -0.3 is 18.3 Å². The summed E-state index contributed by atoms with van der Waals surface area (Å²) in [6.07, 6.45) is -0.513. The molecule has 12 rings (SSSR count). The van der Waals surface area contributed by atoms with Gasteiger partial charge in [0.15, 0.2) is 23.3 Å². The van der Waals surface area contributed by atoms with Crippen LogP contribution in [0.5, 0.6) is 11.5 Å². The molecule has 0 unspecified atom stereocenters. The summed E-state index contributed by atoms with van der Waals surface area (Å²) in [7, 11) is -2.08. The average molecular weight is 871 g/mol. The maximum atomic E-state index is 15.3. The zero-order chi connectivity index (χ0) is 43.8. The topological polar surface area (TPSA) is 155 Å². The second kappa shape index (κ2) is 14.8. The molecule has 0 N–H and O–H groups in total. The number of hydrogen-bond donors (Lipinski definition) is 0. The molecule has 6 bridgehead atoms. The Morgan fingerprint density at radius 2 is 0.785 bits per heavy atom. The van der Waals surface area contributed by atoms with Crippen molar-refractivity contribution in [2.24, 2.45) is 30.0 Å². The molecule has 0 atom stereocenters. The van der Waals surface area contributed by atoms with E-state index in [0.29, 0.717) is 67.5 Å². The fourth-order valence-corrected chi connectivity index (χ4v) is 12.1. The summed E-state index contributed by atoms with van der Waals surface area (Å²) >= 11 is 0. The number of carbonyl (C=O) groups is 2. The first-order valence-corrected chi connectivity index (χ1v) is 22.6. The van der Waals surface area contributed by atoms with Crippen molar-refractivity contribution >= 4 is 77.3 Å². The molecule has 14 nitrogen and oxygen atoms in total. The molecule has 314 valence electrons. The molecular formula is C50H34N8O6Si. The van der Waals surface area contributed by atoms with Crippen LogP contribution in [0.1, 0.15) is 33.4 Å². The Labute approximate surface area is 370 Å². The zero-order valence-corrected chi connectivity index (χ0v) is 35.8. The third kappa shape index (κ3) is 5.93. The first-order chi connectivity index (χ1) is 31.9. The highest BCUT2D eigenvalue weighted by molar-refractivity contribution is 6.69. The second-order valence-corrected chi connectivity index (χ2v) is 18.0. The number of aromatic nitrogens is 2. The van der Waals surface area contributed by atoms with Gasteiger partial charge in [-0.3, -0.25) is 18.1 Å². The number of aliphatic imine (C=N–C) groups is 4. The molecule has 0 saturated carbocycles. The number of ether oxygens (including phenoxy) is 2. The van der Waals surface area contributed by atoms with Crippen LogP contribution in [0.25, 0.3) is 21.5 Å². The van der Waals surface area contributed by atoms with Gasteiger partial charge in [-0.2, -0.15) is 0 Å². The minimum atomic E-state index is -5.16. The van der Waals surface area contributed by atoms with E-state index < -0.39 is 20.8 Å². The fraction of sp³-hybridized carbons (Fsp3) is 0.0800. The molecule has 0 amide bonds. The van der Waals surface area contributed by atoms with E-state index in [0.717, 1.165) is 22.3 Å². The third-order valence-corrected chi connectivity index (χ3v) is 14.8. The van der Waals surface area contributed by atoms with Crippen LogP contribution in [0.2, 0.25) is 0 Å². The van der Waals surface area contributed by atoms with Gasteiger partial charge in [0, 0.05) is 54.9 Å². The van der Waals surface area contributed by atoms with Crippen molar-refractivity contribution in [3.8, 4) is 11.5 Å². The van der Waals surface area contributed by atoms with Crippen molar-refractivity contribution in [2.45, 2.75) is 12.8 Å². The molecule has 0 aliphatic carbocycles. The van der Waals surface area contributed by atoms with Gasteiger partial charge in [0.25, 0.3) is 0 Å². The lowest BCUT2D eigenvalue weighted by molar-refractivity contribution is -0.141. The Bertz CT molecular complexity index is 3430. The van der Waals surface area contributed by atoms with Crippen LogP contribution in [0.3, 0.4) is 0 Å². The van der Waals surface area contributed by atoms with E-state index in [9.17, 15) is 0 Å². The SMILES string of the molecule is COc1ccccc1CC(=O)O[Si]1(OC(=O)Cc2ccccc2OC)n2c3c4ccccc4c2N=C2N=C(N=c4c5ccccc5c(n41)=NC1=NC(=N3)c3ccccc31)c1ccccc12. The molecule has 4 aliphatic rings. The summed E-state index contributed by atoms with van der Waals surface area (Å²) in [5.74, 6) is 1.52. The van der Waals surface area contributed by atoms with Crippen molar-refractivity contribution in [1.29, 1.82) is 0 Å². The first kappa shape index (κ1) is 38.1. The number of nitrogens with zero attached hydrogens (tertiary/aromatic N) is 8. The van der Waals surface area contributed by atoms with Gasteiger partial charge in [0.1, 0.15) is 34.1 Å². The van der Waals surface area contributed by atoms with Gasteiger partial charge in [-0.25, -0.2) is 30.0 Å². The lowest BCUT2D eigenvalue weighted by atomic mass is 10.1. The van der Waals surface area contributed by atoms with E-state index in [2.05, 4.69) is 0 Å². The standard InChI is InChI=1S/C50H34N8O6Si/c1-61-39-25-13-3-15-29(39)27-41(59)63-65(64-42(60)28-30-16-4-14-26-40(30)62-2)57-47-35-21-9-10-22-36(35)49(57)55-45-33-19-7-8-20-34(33)46(52-45)56-50-38-24-12-11-23-37(38)48(58(50)65)54-44-32-18-6-5-17-31(32)43(51-44)53-47/h3-26H,27-28H2,1-2H3. The summed E-state index contributed by atoms with van der Waals surface area (Å²) in [5.41, 5.74) is 4.63. The van der Waals surface area contributed by atoms with Gasteiger partial charge in [-0.05, 0) is 12.1 Å². The second-order valence-electron chi connectivity index (χ2n) is 15.6. The predicted molar refractivity (Wildman–Crippen MR) is 247 cm³/mol. The van der Waals surface area contributed by atoms with Crippen molar-refractivity contribution in [3.63, 3.8) is 0 Å². The molecule has 0 spiro atoms. The number of rotatable bonds is 8. The van der Waals surface area contributed by atoms with E-state index in [1.165, 1.54) is 0 Å². The maximum Gasteiger partial charge on any atom is 0.742 e. The van der Waals surface area contributed by atoms with Crippen LogP contribution in [-0.2, 0) is 31.3 Å². The number of fused-ring (bicyclic) bond motifs is 14. The van der Waals surface area contributed by atoms with E-state index in [1.54, 1.807) is 47.0 Å². The van der Waals surface area contributed by atoms with Gasteiger partial charge in [-0.15, -0.1) is 0 Å². The number of methoxy groups -OCH3 is 2.